The van der Waals surface area contributed by atoms with Crippen molar-refractivity contribution in [3.05, 3.63) is 17.5 Å². The third-order valence-corrected chi connectivity index (χ3v) is 2.65. The summed E-state index contributed by atoms with van der Waals surface area (Å²) in [6.07, 6.45) is 0. The standard InChI is InChI=1S/C12H21N3O2.ClH/c1-8-6-9(14-17-8)7-15(5)11(16)10(13)12(2,3)4;/h6,10H,7,13H2,1-5H3;1H/t10-;/m1./s1. The highest BCUT2D eigenvalue weighted by molar-refractivity contribution is 5.85. The van der Waals surface area contributed by atoms with Gasteiger partial charge in [-0.1, -0.05) is 25.9 Å². The first-order chi connectivity index (χ1) is 7.71. The minimum atomic E-state index is -0.513. The largest absolute Gasteiger partial charge is 0.361 e. The molecule has 1 rings (SSSR count). The second kappa shape index (κ2) is 6.20. The Bertz CT molecular complexity index is 398. The van der Waals surface area contributed by atoms with Crippen LogP contribution in [0.25, 0.3) is 0 Å². The molecule has 0 spiro atoms. The Hall–Kier alpha value is -1.07. The Kier molecular flexibility index (Phi) is 5.83. The molecule has 0 aliphatic rings. The molecule has 0 aliphatic carbocycles. The van der Waals surface area contributed by atoms with Crippen LogP contribution in [0.2, 0.25) is 0 Å². The molecule has 1 aromatic rings. The van der Waals surface area contributed by atoms with E-state index in [0.29, 0.717) is 6.54 Å². The zero-order chi connectivity index (χ0) is 13.2. The molecule has 0 fully saturated rings. The number of hydrogen-bond donors (Lipinski definition) is 1. The normalized spacial score (nSPS) is 12.8. The molecule has 1 heterocycles. The van der Waals surface area contributed by atoms with Crippen molar-refractivity contribution in [2.24, 2.45) is 11.1 Å². The van der Waals surface area contributed by atoms with E-state index < -0.39 is 6.04 Å². The molecule has 2 N–H and O–H groups in total. The van der Waals surface area contributed by atoms with Gasteiger partial charge in [-0.05, 0) is 12.3 Å². The summed E-state index contributed by atoms with van der Waals surface area (Å²) >= 11 is 0. The number of carbonyl (C=O) groups excluding carboxylic acids is 1. The molecule has 1 aromatic heterocycles. The minimum absolute atomic E-state index is 0. The van der Waals surface area contributed by atoms with Crippen molar-refractivity contribution in [3.63, 3.8) is 0 Å². The quantitative estimate of drug-likeness (QED) is 0.912. The predicted octanol–water partition coefficient (Wildman–Crippen LogP) is 1.74. The number of halogens is 1. The Morgan fingerprint density at radius 1 is 1.56 bits per heavy atom. The third-order valence-electron chi connectivity index (χ3n) is 2.65. The van der Waals surface area contributed by atoms with Gasteiger partial charge in [0.05, 0.1) is 12.6 Å². The molecule has 1 atom stereocenters. The lowest BCUT2D eigenvalue weighted by Crippen LogP contribution is -2.48. The zero-order valence-corrected chi connectivity index (χ0v) is 12.4. The molecule has 18 heavy (non-hydrogen) atoms. The van der Waals surface area contributed by atoms with Crippen LogP contribution in [0.4, 0.5) is 0 Å². The fourth-order valence-electron chi connectivity index (χ4n) is 1.42. The fourth-order valence-corrected chi connectivity index (χ4v) is 1.42. The van der Waals surface area contributed by atoms with E-state index in [4.69, 9.17) is 10.3 Å². The Morgan fingerprint density at radius 2 is 2.11 bits per heavy atom. The lowest BCUT2D eigenvalue weighted by atomic mass is 9.86. The Labute approximate surface area is 114 Å². The van der Waals surface area contributed by atoms with E-state index in [9.17, 15) is 4.79 Å². The van der Waals surface area contributed by atoms with Crippen LogP contribution in [0.3, 0.4) is 0 Å². The summed E-state index contributed by atoms with van der Waals surface area (Å²) in [6, 6.07) is 1.30. The molecule has 5 nitrogen and oxygen atoms in total. The van der Waals surface area contributed by atoms with E-state index in [1.54, 1.807) is 11.9 Å². The highest BCUT2D eigenvalue weighted by Gasteiger charge is 2.29. The number of hydrogen-bond acceptors (Lipinski definition) is 4. The monoisotopic (exact) mass is 275 g/mol. The summed E-state index contributed by atoms with van der Waals surface area (Å²) in [6.45, 7) is 8.08. The van der Waals surface area contributed by atoms with E-state index in [0.717, 1.165) is 11.5 Å². The number of aryl methyl sites for hydroxylation is 1. The highest BCUT2D eigenvalue weighted by Crippen LogP contribution is 2.19. The maximum atomic E-state index is 12.0. The summed E-state index contributed by atoms with van der Waals surface area (Å²) in [4.78, 5) is 13.6. The van der Waals surface area contributed by atoms with Crippen molar-refractivity contribution in [2.75, 3.05) is 7.05 Å². The van der Waals surface area contributed by atoms with Crippen LogP contribution in [-0.4, -0.2) is 29.1 Å². The summed E-state index contributed by atoms with van der Waals surface area (Å²) in [5.74, 6) is 0.652. The van der Waals surface area contributed by atoms with Crippen molar-refractivity contribution in [1.82, 2.24) is 10.1 Å². The molecule has 104 valence electrons. The number of nitrogens with zero attached hydrogens (tertiary/aromatic N) is 2. The Balaban J connectivity index is 0.00000289. The second-order valence-electron chi connectivity index (χ2n) is 5.47. The van der Waals surface area contributed by atoms with Crippen molar-refractivity contribution >= 4 is 18.3 Å². The first-order valence-corrected chi connectivity index (χ1v) is 5.64. The predicted molar refractivity (Wildman–Crippen MR) is 72.4 cm³/mol. The van der Waals surface area contributed by atoms with Gasteiger partial charge in [-0.3, -0.25) is 4.79 Å². The molecular weight excluding hydrogens is 254 g/mol. The number of rotatable bonds is 3. The second-order valence-corrected chi connectivity index (χ2v) is 5.47. The van der Waals surface area contributed by atoms with Crippen LogP contribution < -0.4 is 5.73 Å². The van der Waals surface area contributed by atoms with Crippen molar-refractivity contribution < 1.29 is 9.32 Å². The van der Waals surface area contributed by atoms with Gasteiger partial charge >= 0.3 is 0 Å². The molecule has 1 amide bonds. The molecule has 0 saturated heterocycles. The maximum Gasteiger partial charge on any atom is 0.240 e. The lowest BCUT2D eigenvalue weighted by Gasteiger charge is -2.29. The van der Waals surface area contributed by atoms with Gasteiger partial charge in [0.1, 0.15) is 11.5 Å². The summed E-state index contributed by atoms with van der Waals surface area (Å²) in [5, 5.41) is 3.85. The molecule has 0 saturated carbocycles. The number of likely N-dealkylation sites (N-methyl/N-ethyl adjacent to an activating group) is 1. The number of amides is 1. The van der Waals surface area contributed by atoms with Crippen LogP contribution in [0.5, 0.6) is 0 Å². The first kappa shape index (κ1) is 16.9. The van der Waals surface area contributed by atoms with Gasteiger partial charge in [0, 0.05) is 13.1 Å². The van der Waals surface area contributed by atoms with Crippen molar-refractivity contribution in [1.29, 1.82) is 0 Å². The van der Waals surface area contributed by atoms with Gasteiger partial charge in [0.15, 0.2) is 0 Å². The Morgan fingerprint density at radius 3 is 2.50 bits per heavy atom. The highest BCUT2D eigenvalue weighted by atomic mass is 35.5. The smallest absolute Gasteiger partial charge is 0.240 e. The molecule has 0 radical (unpaired) electrons. The van der Waals surface area contributed by atoms with Gasteiger partial charge in [0.2, 0.25) is 5.91 Å². The van der Waals surface area contributed by atoms with E-state index in [2.05, 4.69) is 5.16 Å². The summed E-state index contributed by atoms with van der Waals surface area (Å²) in [5.41, 5.74) is 6.41. The molecular formula is C12H22ClN3O2. The summed E-state index contributed by atoms with van der Waals surface area (Å²) < 4.78 is 4.95. The molecule has 6 heteroatoms. The van der Waals surface area contributed by atoms with Crippen LogP contribution in [0.1, 0.15) is 32.2 Å². The van der Waals surface area contributed by atoms with Crippen LogP contribution >= 0.6 is 12.4 Å². The molecule has 0 unspecified atom stereocenters. The molecule has 0 aromatic carbocycles. The minimum Gasteiger partial charge on any atom is -0.361 e. The van der Waals surface area contributed by atoms with Crippen LogP contribution in [-0.2, 0) is 11.3 Å². The number of carbonyl (C=O) groups is 1. The number of nitrogens with two attached hydrogens (primary N) is 1. The van der Waals surface area contributed by atoms with Gasteiger partial charge in [0.25, 0.3) is 0 Å². The van der Waals surface area contributed by atoms with E-state index in [-0.39, 0.29) is 23.7 Å². The van der Waals surface area contributed by atoms with E-state index in [1.165, 1.54) is 0 Å². The SMILES string of the molecule is Cc1cc(CN(C)C(=O)[C@@H](N)C(C)(C)C)no1.Cl. The van der Waals surface area contributed by atoms with Gasteiger partial charge < -0.3 is 15.2 Å². The molecule has 0 aliphatic heterocycles. The average Bonchev–Trinajstić information content (AvgIpc) is 2.60. The van der Waals surface area contributed by atoms with Gasteiger partial charge in [-0.25, -0.2) is 0 Å². The van der Waals surface area contributed by atoms with Crippen molar-refractivity contribution in [2.45, 2.75) is 40.3 Å². The van der Waals surface area contributed by atoms with Crippen LogP contribution in [0.15, 0.2) is 10.6 Å². The van der Waals surface area contributed by atoms with Crippen LogP contribution in [0, 0.1) is 12.3 Å². The van der Waals surface area contributed by atoms with E-state index in [1.807, 2.05) is 33.8 Å². The topological polar surface area (TPSA) is 72.4 Å². The van der Waals surface area contributed by atoms with Gasteiger partial charge in [-0.2, -0.15) is 0 Å². The maximum absolute atomic E-state index is 12.0. The van der Waals surface area contributed by atoms with Crippen molar-refractivity contribution in [3.8, 4) is 0 Å². The lowest BCUT2D eigenvalue weighted by molar-refractivity contribution is -0.134. The number of aromatic nitrogens is 1. The first-order valence-electron chi connectivity index (χ1n) is 5.64. The van der Waals surface area contributed by atoms with E-state index >= 15 is 0 Å². The average molecular weight is 276 g/mol. The summed E-state index contributed by atoms with van der Waals surface area (Å²) in [7, 11) is 1.72. The molecule has 0 bridgehead atoms. The zero-order valence-electron chi connectivity index (χ0n) is 11.6. The fraction of sp³-hybridized carbons (Fsp3) is 0.667. The third kappa shape index (κ3) is 4.31. The van der Waals surface area contributed by atoms with Gasteiger partial charge in [-0.15, -0.1) is 12.4 Å².